The smallest absolute Gasteiger partial charge is 0.266 e. The van der Waals surface area contributed by atoms with Crippen molar-refractivity contribution in [3.63, 3.8) is 0 Å². The summed E-state index contributed by atoms with van der Waals surface area (Å²) in [6, 6.07) is 11.6. The first-order chi connectivity index (χ1) is 10.5. The molecular formula is C17H16N2O2S. The van der Waals surface area contributed by atoms with Crippen molar-refractivity contribution in [1.29, 1.82) is 0 Å². The van der Waals surface area contributed by atoms with Crippen LogP contribution in [0.2, 0.25) is 0 Å². The molecule has 22 heavy (non-hydrogen) atoms. The van der Waals surface area contributed by atoms with E-state index in [2.05, 4.69) is 10.3 Å². The van der Waals surface area contributed by atoms with Gasteiger partial charge in [0.25, 0.3) is 4.84 Å². The van der Waals surface area contributed by atoms with Crippen molar-refractivity contribution in [2.45, 2.75) is 20.3 Å². The van der Waals surface area contributed by atoms with Gasteiger partial charge in [-0.15, -0.1) is 0 Å². The molecule has 3 aromatic rings. The van der Waals surface area contributed by atoms with E-state index in [0.717, 1.165) is 33.5 Å². The van der Waals surface area contributed by atoms with Gasteiger partial charge in [-0.25, -0.2) is 0 Å². The van der Waals surface area contributed by atoms with Crippen LogP contribution in [-0.4, -0.2) is 10.9 Å². The van der Waals surface area contributed by atoms with Gasteiger partial charge in [0.05, 0.1) is 11.9 Å². The molecule has 2 aromatic carbocycles. The molecule has 2 N–H and O–H groups in total. The predicted octanol–water partition coefficient (Wildman–Crippen LogP) is 4.29. The summed E-state index contributed by atoms with van der Waals surface area (Å²) < 4.78 is 5.48. The second-order valence-corrected chi connectivity index (χ2v) is 5.67. The summed E-state index contributed by atoms with van der Waals surface area (Å²) in [6.07, 6.45) is 0.346. The molecule has 1 heterocycles. The van der Waals surface area contributed by atoms with Crippen LogP contribution in [0, 0.1) is 18.7 Å². The van der Waals surface area contributed by atoms with Gasteiger partial charge >= 0.3 is 0 Å². The number of aromatic nitrogens is 1. The third-order valence-electron chi connectivity index (χ3n) is 3.63. The summed E-state index contributed by atoms with van der Waals surface area (Å²) in [5.74, 6) is -0.0462. The number of anilines is 1. The van der Waals surface area contributed by atoms with Crippen LogP contribution in [0.15, 0.2) is 40.8 Å². The van der Waals surface area contributed by atoms with Crippen LogP contribution in [0.1, 0.15) is 16.7 Å². The Balaban J connectivity index is 1.89. The van der Waals surface area contributed by atoms with E-state index in [4.69, 9.17) is 16.6 Å². The summed E-state index contributed by atoms with van der Waals surface area (Å²) >= 11 is 5.04. The van der Waals surface area contributed by atoms with E-state index in [-0.39, 0.29) is 5.91 Å². The van der Waals surface area contributed by atoms with Gasteiger partial charge in [0.2, 0.25) is 5.91 Å². The molecule has 0 spiro atoms. The molecule has 0 unspecified atom stereocenters. The van der Waals surface area contributed by atoms with Crippen LogP contribution in [0.3, 0.4) is 0 Å². The lowest BCUT2D eigenvalue weighted by Crippen LogP contribution is -2.15. The molecule has 5 heteroatoms. The van der Waals surface area contributed by atoms with Crippen molar-refractivity contribution in [2.24, 2.45) is 0 Å². The van der Waals surface area contributed by atoms with E-state index in [9.17, 15) is 4.79 Å². The molecule has 1 amide bonds. The standard InChI is InChI=1S/C17H16N2O2S/c1-10-8-13(11(2)15-16(10)21-17(22)19-15)18-14(20)9-12-6-4-3-5-7-12/h3-8H,9H2,1-2H3,(H,18,20)(H,19,22). The molecule has 1 aromatic heterocycles. The van der Waals surface area contributed by atoms with Gasteiger partial charge < -0.3 is 14.7 Å². The average molecular weight is 312 g/mol. The average Bonchev–Trinajstić information content (AvgIpc) is 2.88. The monoisotopic (exact) mass is 312 g/mol. The Morgan fingerprint density at radius 2 is 2.00 bits per heavy atom. The number of nitrogens with one attached hydrogen (secondary N) is 2. The summed E-state index contributed by atoms with van der Waals surface area (Å²) in [7, 11) is 0. The van der Waals surface area contributed by atoms with E-state index in [1.807, 2.05) is 50.2 Å². The zero-order valence-electron chi connectivity index (χ0n) is 12.4. The number of amides is 1. The van der Waals surface area contributed by atoms with Crippen LogP contribution in [-0.2, 0) is 11.2 Å². The Kier molecular flexibility index (Phi) is 3.81. The maximum absolute atomic E-state index is 12.2. The highest BCUT2D eigenvalue weighted by molar-refractivity contribution is 7.71. The van der Waals surface area contributed by atoms with Crippen molar-refractivity contribution < 1.29 is 9.21 Å². The maximum Gasteiger partial charge on any atom is 0.266 e. The second-order valence-electron chi connectivity index (χ2n) is 5.30. The van der Waals surface area contributed by atoms with E-state index in [1.54, 1.807) is 0 Å². The van der Waals surface area contributed by atoms with Gasteiger partial charge in [0.1, 0.15) is 0 Å². The fourth-order valence-corrected chi connectivity index (χ4v) is 2.69. The summed E-state index contributed by atoms with van der Waals surface area (Å²) in [5.41, 5.74) is 5.18. The number of rotatable bonds is 3. The minimum Gasteiger partial charge on any atom is -0.429 e. The molecule has 0 aliphatic rings. The molecule has 0 saturated carbocycles. The molecule has 0 saturated heterocycles. The van der Waals surface area contributed by atoms with Crippen LogP contribution >= 0.6 is 12.2 Å². The first kappa shape index (κ1) is 14.5. The lowest BCUT2D eigenvalue weighted by molar-refractivity contribution is -0.115. The number of hydrogen-bond acceptors (Lipinski definition) is 3. The fourth-order valence-electron chi connectivity index (χ4n) is 2.50. The highest BCUT2D eigenvalue weighted by atomic mass is 32.1. The van der Waals surface area contributed by atoms with Gasteiger partial charge in [-0.3, -0.25) is 4.79 Å². The Hall–Kier alpha value is -2.40. The van der Waals surface area contributed by atoms with E-state index in [0.29, 0.717) is 11.3 Å². The van der Waals surface area contributed by atoms with Gasteiger partial charge in [-0.05, 0) is 43.3 Å². The molecule has 0 aliphatic carbocycles. The zero-order chi connectivity index (χ0) is 15.7. The second kappa shape index (κ2) is 5.77. The minimum absolute atomic E-state index is 0.0462. The van der Waals surface area contributed by atoms with Crippen LogP contribution in [0.5, 0.6) is 0 Å². The van der Waals surface area contributed by atoms with E-state index >= 15 is 0 Å². The third kappa shape index (κ3) is 2.80. The summed E-state index contributed by atoms with van der Waals surface area (Å²) in [5, 5.41) is 2.97. The lowest BCUT2D eigenvalue weighted by Gasteiger charge is -2.10. The van der Waals surface area contributed by atoms with Crippen molar-refractivity contribution in [2.75, 3.05) is 5.32 Å². The van der Waals surface area contributed by atoms with Gasteiger partial charge in [0, 0.05) is 11.3 Å². The molecule has 4 nitrogen and oxygen atoms in total. The summed E-state index contributed by atoms with van der Waals surface area (Å²) in [4.78, 5) is 15.6. The maximum atomic E-state index is 12.2. The van der Waals surface area contributed by atoms with Crippen LogP contribution in [0.25, 0.3) is 11.1 Å². The molecule has 0 radical (unpaired) electrons. The molecule has 112 valence electrons. The minimum atomic E-state index is -0.0462. The Labute approximate surface area is 133 Å². The van der Waals surface area contributed by atoms with Crippen LogP contribution < -0.4 is 5.32 Å². The van der Waals surface area contributed by atoms with Gasteiger partial charge in [-0.1, -0.05) is 30.3 Å². The van der Waals surface area contributed by atoms with Crippen molar-refractivity contribution >= 4 is 34.9 Å². The van der Waals surface area contributed by atoms with E-state index in [1.165, 1.54) is 0 Å². The number of carbonyl (C=O) groups is 1. The molecular weight excluding hydrogens is 296 g/mol. The highest BCUT2D eigenvalue weighted by Crippen LogP contribution is 2.28. The number of H-pyrrole nitrogens is 1. The Bertz CT molecular complexity index is 894. The Morgan fingerprint density at radius 3 is 2.73 bits per heavy atom. The Morgan fingerprint density at radius 1 is 1.27 bits per heavy atom. The first-order valence-corrected chi connectivity index (χ1v) is 7.42. The molecule has 0 fully saturated rings. The topological polar surface area (TPSA) is 58.0 Å². The largest absolute Gasteiger partial charge is 0.429 e. The van der Waals surface area contributed by atoms with Crippen molar-refractivity contribution in [3.8, 4) is 0 Å². The van der Waals surface area contributed by atoms with Gasteiger partial charge in [-0.2, -0.15) is 0 Å². The highest BCUT2D eigenvalue weighted by Gasteiger charge is 2.13. The zero-order valence-corrected chi connectivity index (χ0v) is 13.2. The number of carbonyl (C=O) groups excluding carboxylic acids is 1. The number of aryl methyl sites for hydroxylation is 2. The number of aromatic amines is 1. The first-order valence-electron chi connectivity index (χ1n) is 7.01. The SMILES string of the molecule is Cc1c(NC(=O)Cc2ccccc2)cc(C)c2oc(=S)[nH]c12. The number of oxazole rings is 1. The van der Waals surface area contributed by atoms with Crippen LogP contribution in [0.4, 0.5) is 5.69 Å². The number of benzene rings is 2. The molecule has 0 atom stereocenters. The van der Waals surface area contributed by atoms with Crippen molar-refractivity contribution in [3.05, 3.63) is 57.9 Å². The quantitative estimate of drug-likeness (QED) is 0.709. The summed E-state index contributed by atoms with van der Waals surface area (Å²) in [6.45, 7) is 3.86. The third-order valence-corrected chi connectivity index (χ3v) is 3.81. The number of hydrogen-bond donors (Lipinski definition) is 2. The van der Waals surface area contributed by atoms with E-state index < -0.39 is 0 Å². The van der Waals surface area contributed by atoms with Crippen molar-refractivity contribution in [1.82, 2.24) is 4.98 Å². The fraction of sp³-hybridized carbons (Fsp3) is 0.176. The van der Waals surface area contributed by atoms with Gasteiger partial charge in [0.15, 0.2) is 5.58 Å². The number of fused-ring (bicyclic) bond motifs is 1. The lowest BCUT2D eigenvalue weighted by atomic mass is 10.1. The predicted molar refractivity (Wildman–Crippen MR) is 89.6 cm³/mol. The molecule has 0 bridgehead atoms. The molecule has 3 rings (SSSR count). The molecule has 0 aliphatic heterocycles. The normalized spacial score (nSPS) is 10.8.